The van der Waals surface area contributed by atoms with Gasteiger partial charge in [0.05, 0.1) is 0 Å². The Bertz CT molecular complexity index is 265. The van der Waals surface area contributed by atoms with Crippen LogP contribution in [0.5, 0.6) is 0 Å². The van der Waals surface area contributed by atoms with Crippen molar-refractivity contribution in [3.63, 3.8) is 0 Å². The van der Waals surface area contributed by atoms with Crippen LogP contribution in [0.3, 0.4) is 0 Å². The van der Waals surface area contributed by atoms with Crippen LogP contribution in [0.1, 0.15) is 122 Å². The van der Waals surface area contributed by atoms with Crippen LogP contribution in [0, 0.1) is 5.41 Å². The van der Waals surface area contributed by atoms with E-state index in [1.54, 1.807) is 0 Å². The van der Waals surface area contributed by atoms with Crippen LogP contribution in [0.25, 0.3) is 0 Å². The highest BCUT2D eigenvalue weighted by Gasteiger charge is 2.26. The Morgan fingerprint density at radius 3 is 1.19 bits per heavy atom. The van der Waals surface area contributed by atoms with Crippen LogP contribution in [0.4, 0.5) is 0 Å². The van der Waals surface area contributed by atoms with Gasteiger partial charge >= 0.3 is 0 Å². The van der Waals surface area contributed by atoms with Crippen LogP contribution < -0.4 is 5.73 Å². The molecule has 0 unspecified atom stereocenters. The molecular weight excluding hydrogens is 322 g/mol. The van der Waals surface area contributed by atoms with Gasteiger partial charge in [-0.25, -0.2) is 0 Å². The molecule has 0 aromatic carbocycles. The quantitative estimate of drug-likeness (QED) is 0.218. The van der Waals surface area contributed by atoms with Gasteiger partial charge in [-0.2, -0.15) is 0 Å². The first-order chi connectivity index (χ1) is 12.7. The standard InChI is InChI=1S/C23H49NO2/c1-2-3-4-5-6-7-8-9-10-11-12-13-14-15-16-17-23(22-24,18-20-25)19-21-26/h25-26H,2-22,24H2,1H3. The van der Waals surface area contributed by atoms with E-state index in [0.717, 1.165) is 19.3 Å². The van der Waals surface area contributed by atoms with Gasteiger partial charge in [0.25, 0.3) is 0 Å². The number of hydrogen-bond donors (Lipinski definition) is 3. The molecule has 0 bridgehead atoms. The van der Waals surface area contributed by atoms with E-state index < -0.39 is 0 Å². The number of unbranched alkanes of at least 4 members (excludes halogenated alkanes) is 14. The van der Waals surface area contributed by atoms with Gasteiger partial charge in [0.1, 0.15) is 0 Å². The van der Waals surface area contributed by atoms with Crippen molar-refractivity contribution >= 4 is 0 Å². The summed E-state index contributed by atoms with van der Waals surface area (Å²) < 4.78 is 0. The van der Waals surface area contributed by atoms with E-state index in [-0.39, 0.29) is 18.6 Å². The van der Waals surface area contributed by atoms with Crippen LogP contribution >= 0.6 is 0 Å². The number of nitrogens with two attached hydrogens (primary N) is 1. The first kappa shape index (κ1) is 25.9. The summed E-state index contributed by atoms with van der Waals surface area (Å²) in [6.45, 7) is 3.21. The SMILES string of the molecule is CCCCCCCCCCCCCCCCCC(CN)(CCO)CCO. The first-order valence-corrected chi connectivity index (χ1v) is 11.7. The third-order valence-electron chi connectivity index (χ3n) is 6.03. The smallest absolute Gasteiger partial charge is 0.0436 e. The van der Waals surface area contributed by atoms with Gasteiger partial charge in [-0.05, 0) is 31.2 Å². The Morgan fingerprint density at radius 2 is 0.885 bits per heavy atom. The van der Waals surface area contributed by atoms with Crippen molar-refractivity contribution in [2.45, 2.75) is 122 Å². The molecule has 0 aromatic rings. The van der Waals surface area contributed by atoms with Gasteiger partial charge in [-0.3, -0.25) is 0 Å². The van der Waals surface area contributed by atoms with Gasteiger partial charge < -0.3 is 15.9 Å². The summed E-state index contributed by atoms with van der Waals surface area (Å²) in [7, 11) is 0. The van der Waals surface area contributed by atoms with Gasteiger partial charge in [-0.1, -0.05) is 103 Å². The zero-order chi connectivity index (χ0) is 19.3. The summed E-state index contributed by atoms with van der Waals surface area (Å²) in [6, 6.07) is 0. The van der Waals surface area contributed by atoms with Crippen molar-refractivity contribution in [3.8, 4) is 0 Å². The molecule has 0 fully saturated rings. The number of rotatable bonds is 21. The fraction of sp³-hybridized carbons (Fsp3) is 1.00. The lowest BCUT2D eigenvalue weighted by Gasteiger charge is -2.31. The highest BCUT2D eigenvalue weighted by molar-refractivity contribution is 4.80. The van der Waals surface area contributed by atoms with Gasteiger partial charge in [-0.15, -0.1) is 0 Å². The highest BCUT2D eigenvalue weighted by Crippen LogP contribution is 2.31. The maximum Gasteiger partial charge on any atom is 0.0436 e. The largest absolute Gasteiger partial charge is 0.396 e. The maximum atomic E-state index is 9.25. The summed E-state index contributed by atoms with van der Waals surface area (Å²) in [5.41, 5.74) is 5.88. The summed E-state index contributed by atoms with van der Waals surface area (Å²) in [4.78, 5) is 0. The van der Waals surface area contributed by atoms with Gasteiger partial charge in [0, 0.05) is 13.2 Å². The molecule has 0 radical (unpaired) electrons. The number of aliphatic hydroxyl groups is 2. The van der Waals surface area contributed by atoms with E-state index in [4.69, 9.17) is 5.73 Å². The Kier molecular flexibility index (Phi) is 19.5. The summed E-state index contributed by atoms with van der Waals surface area (Å²) in [5.74, 6) is 0. The van der Waals surface area contributed by atoms with Crippen molar-refractivity contribution < 1.29 is 10.2 Å². The Balaban J connectivity index is 3.39. The normalized spacial score (nSPS) is 12.0. The number of aliphatic hydroxyl groups excluding tert-OH is 2. The monoisotopic (exact) mass is 371 g/mol. The first-order valence-electron chi connectivity index (χ1n) is 11.7. The van der Waals surface area contributed by atoms with Crippen molar-refractivity contribution in [2.24, 2.45) is 11.1 Å². The van der Waals surface area contributed by atoms with Crippen LogP contribution in [0.15, 0.2) is 0 Å². The van der Waals surface area contributed by atoms with E-state index in [9.17, 15) is 10.2 Å². The molecule has 0 rings (SSSR count). The fourth-order valence-electron chi connectivity index (χ4n) is 4.03. The van der Waals surface area contributed by atoms with Crippen molar-refractivity contribution in [2.75, 3.05) is 19.8 Å². The highest BCUT2D eigenvalue weighted by atomic mass is 16.3. The minimum Gasteiger partial charge on any atom is -0.396 e. The summed E-state index contributed by atoms with van der Waals surface area (Å²) in [5, 5.41) is 18.5. The molecule has 0 heterocycles. The molecule has 0 atom stereocenters. The molecule has 3 heteroatoms. The molecule has 0 spiro atoms. The zero-order valence-electron chi connectivity index (χ0n) is 17.8. The second kappa shape index (κ2) is 19.6. The van der Waals surface area contributed by atoms with Crippen molar-refractivity contribution in [1.29, 1.82) is 0 Å². The Morgan fingerprint density at radius 1 is 0.538 bits per heavy atom. The molecule has 0 saturated carbocycles. The van der Waals surface area contributed by atoms with Gasteiger partial charge in [0.2, 0.25) is 0 Å². The molecule has 4 N–H and O–H groups in total. The lowest BCUT2D eigenvalue weighted by Crippen LogP contribution is -2.32. The fourth-order valence-corrected chi connectivity index (χ4v) is 4.03. The van der Waals surface area contributed by atoms with E-state index >= 15 is 0 Å². The lowest BCUT2D eigenvalue weighted by molar-refractivity contribution is 0.127. The Hall–Kier alpha value is -0.120. The number of hydrogen-bond acceptors (Lipinski definition) is 3. The van der Waals surface area contributed by atoms with E-state index in [1.165, 1.54) is 96.3 Å². The molecule has 0 aliphatic rings. The molecule has 0 amide bonds. The topological polar surface area (TPSA) is 66.5 Å². The minimum absolute atomic E-state index is 0.0416. The van der Waals surface area contributed by atoms with E-state index in [2.05, 4.69) is 6.92 Å². The summed E-state index contributed by atoms with van der Waals surface area (Å²) in [6.07, 6.45) is 23.2. The van der Waals surface area contributed by atoms with Crippen LogP contribution in [-0.2, 0) is 0 Å². The lowest BCUT2D eigenvalue weighted by atomic mass is 9.77. The zero-order valence-corrected chi connectivity index (χ0v) is 17.8. The molecule has 0 saturated heterocycles. The molecule has 3 nitrogen and oxygen atoms in total. The van der Waals surface area contributed by atoms with Crippen molar-refractivity contribution in [3.05, 3.63) is 0 Å². The molecule has 0 aromatic heterocycles. The average Bonchev–Trinajstić information content (AvgIpc) is 2.65. The van der Waals surface area contributed by atoms with Crippen LogP contribution in [-0.4, -0.2) is 30.0 Å². The predicted molar refractivity (Wildman–Crippen MR) is 114 cm³/mol. The molecule has 0 aliphatic carbocycles. The predicted octanol–water partition coefficient (Wildman–Crippen LogP) is 5.96. The second-order valence-corrected chi connectivity index (χ2v) is 8.35. The summed E-state index contributed by atoms with van der Waals surface area (Å²) >= 11 is 0. The third kappa shape index (κ3) is 15.0. The van der Waals surface area contributed by atoms with E-state index in [1.807, 2.05) is 0 Å². The molecular formula is C23H49NO2. The Labute approximate surface area is 164 Å². The molecule has 0 aliphatic heterocycles. The minimum atomic E-state index is -0.0416. The molecule has 158 valence electrons. The van der Waals surface area contributed by atoms with Crippen LogP contribution in [0.2, 0.25) is 0 Å². The average molecular weight is 372 g/mol. The van der Waals surface area contributed by atoms with E-state index in [0.29, 0.717) is 6.54 Å². The van der Waals surface area contributed by atoms with Gasteiger partial charge in [0.15, 0.2) is 0 Å². The maximum absolute atomic E-state index is 9.25. The molecule has 26 heavy (non-hydrogen) atoms. The second-order valence-electron chi connectivity index (χ2n) is 8.35. The third-order valence-corrected chi connectivity index (χ3v) is 6.03. The van der Waals surface area contributed by atoms with Crippen molar-refractivity contribution in [1.82, 2.24) is 0 Å².